The number of carbonyl (C=O) groups excluding carboxylic acids is 3. The van der Waals surface area contributed by atoms with Gasteiger partial charge in [0, 0.05) is 38.8 Å². The molecule has 9 heteroatoms. The lowest BCUT2D eigenvalue weighted by Gasteiger charge is -2.36. The molecule has 1 fully saturated rings. The first-order valence-corrected chi connectivity index (χ1v) is 9.99. The highest BCUT2D eigenvalue weighted by molar-refractivity contribution is 6.00. The maximum Gasteiger partial charge on any atom is 0.255 e. The van der Waals surface area contributed by atoms with Gasteiger partial charge in [0.1, 0.15) is 17.5 Å². The molecule has 3 amide bonds. The molecule has 1 atom stereocenters. The highest BCUT2D eigenvalue weighted by Crippen LogP contribution is 2.22. The van der Waals surface area contributed by atoms with Gasteiger partial charge in [-0.25, -0.2) is 0 Å². The third-order valence-electron chi connectivity index (χ3n) is 5.17. The Bertz CT molecular complexity index is 942. The lowest BCUT2D eigenvalue weighted by molar-refractivity contribution is -0.137. The van der Waals surface area contributed by atoms with Crippen LogP contribution in [0.25, 0.3) is 0 Å². The standard InChI is InChI=1S/C22H26N4O5/c23-20(29)13-18(24-21(30)17-7-6-16(27)12-19(17)28)22(31)26-10-8-25(9-11-26)14-15-4-2-1-3-5-15/h1-7,12,18,27-28H,8-11,13-14H2,(H2,23,29)(H,24,30)/t18-/m0/s1. The van der Waals surface area contributed by atoms with Crippen LogP contribution in [-0.4, -0.2) is 70.0 Å². The summed E-state index contributed by atoms with van der Waals surface area (Å²) in [6.07, 6.45) is -0.354. The number of nitrogens with one attached hydrogen (secondary N) is 1. The van der Waals surface area contributed by atoms with Crippen LogP contribution in [0, 0.1) is 0 Å². The van der Waals surface area contributed by atoms with Crippen LogP contribution in [0.15, 0.2) is 48.5 Å². The van der Waals surface area contributed by atoms with Crippen molar-refractivity contribution in [1.29, 1.82) is 0 Å². The minimum Gasteiger partial charge on any atom is -0.508 e. The molecule has 0 aromatic heterocycles. The summed E-state index contributed by atoms with van der Waals surface area (Å²) in [6, 6.07) is 12.4. The van der Waals surface area contributed by atoms with E-state index < -0.39 is 29.5 Å². The van der Waals surface area contributed by atoms with E-state index in [0.29, 0.717) is 26.2 Å². The Morgan fingerprint density at radius 1 is 1.00 bits per heavy atom. The molecule has 0 bridgehead atoms. The first-order chi connectivity index (χ1) is 14.8. The molecule has 0 spiro atoms. The fourth-order valence-electron chi connectivity index (χ4n) is 3.54. The molecular formula is C22H26N4O5. The zero-order chi connectivity index (χ0) is 22.4. The van der Waals surface area contributed by atoms with E-state index in [2.05, 4.69) is 22.3 Å². The fourth-order valence-corrected chi connectivity index (χ4v) is 3.54. The van der Waals surface area contributed by atoms with Crippen LogP contribution in [0.2, 0.25) is 0 Å². The van der Waals surface area contributed by atoms with Crippen molar-refractivity contribution in [2.75, 3.05) is 26.2 Å². The zero-order valence-corrected chi connectivity index (χ0v) is 17.0. The normalized spacial score (nSPS) is 15.3. The topological polar surface area (TPSA) is 136 Å². The number of hydrogen-bond acceptors (Lipinski definition) is 6. The van der Waals surface area contributed by atoms with Gasteiger partial charge in [0.25, 0.3) is 5.91 Å². The average molecular weight is 426 g/mol. The lowest BCUT2D eigenvalue weighted by atomic mass is 10.1. The third-order valence-corrected chi connectivity index (χ3v) is 5.17. The van der Waals surface area contributed by atoms with Gasteiger partial charge in [-0.15, -0.1) is 0 Å². The molecule has 1 aliphatic rings. The van der Waals surface area contributed by atoms with Gasteiger partial charge in [0.15, 0.2) is 0 Å². The Balaban J connectivity index is 1.62. The van der Waals surface area contributed by atoms with Gasteiger partial charge < -0.3 is 26.2 Å². The largest absolute Gasteiger partial charge is 0.508 e. The quantitative estimate of drug-likeness (QED) is 0.506. The van der Waals surface area contributed by atoms with Gasteiger partial charge in [0.05, 0.1) is 12.0 Å². The number of phenolic OH excluding ortho intramolecular Hbond substituents is 2. The van der Waals surface area contributed by atoms with Crippen molar-refractivity contribution in [3.63, 3.8) is 0 Å². The first kappa shape index (κ1) is 22.1. The average Bonchev–Trinajstić information content (AvgIpc) is 2.73. The molecule has 2 aromatic rings. The number of rotatable bonds is 7. The molecule has 164 valence electrons. The van der Waals surface area contributed by atoms with Crippen LogP contribution < -0.4 is 11.1 Å². The number of aromatic hydroxyl groups is 2. The number of nitrogens with zero attached hydrogens (tertiary/aromatic N) is 2. The summed E-state index contributed by atoms with van der Waals surface area (Å²) in [6.45, 7) is 3.03. The van der Waals surface area contributed by atoms with E-state index in [1.54, 1.807) is 4.90 Å². The Morgan fingerprint density at radius 2 is 1.68 bits per heavy atom. The van der Waals surface area contributed by atoms with Crippen molar-refractivity contribution in [3.05, 3.63) is 59.7 Å². The Kier molecular flexibility index (Phi) is 7.09. The van der Waals surface area contributed by atoms with E-state index >= 15 is 0 Å². The SMILES string of the molecule is NC(=O)C[C@H](NC(=O)c1ccc(O)cc1O)C(=O)N1CCN(Cc2ccccc2)CC1. The number of hydrogen-bond donors (Lipinski definition) is 4. The second kappa shape index (κ2) is 9.94. The first-order valence-electron chi connectivity index (χ1n) is 9.99. The molecule has 3 rings (SSSR count). The molecule has 5 N–H and O–H groups in total. The summed E-state index contributed by atoms with van der Waals surface area (Å²) in [5, 5.41) is 21.7. The zero-order valence-electron chi connectivity index (χ0n) is 17.0. The highest BCUT2D eigenvalue weighted by Gasteiger charge is 2.30. The van der Waals surface area contributed by atoms with E-state index in [9.17, 15) is 24.6 Å². The van der Waals surface area contributed by atoms with E-state index in [1.807, 2.05) is 18.2 Å². The number of amides is 3. The van der Waals surface area contributed by atoms with Crippen molar-refractivity contribution in [2.45, 2.75) is 19.0 Å². The van der Waals surface area contributed by atoms with Gasteiger partial charge in [-0.1, -0.05) is 30.3 Å². The van der Waals surface area contributed by atoms with E-state index in [1.165, 1.54) is 17.7 Å². The maximum atomic E-state index is 13.0. The van der Waals surface area contributed by atoms with Gasteiger partial charge in [-0.2, -0.15) is 0 Å². The summed E-state index contributed by atoms with van der Waals surface area (Å²) in [5.41, 5.74) is 6.35. The predicted molar refractivity (Wildman–Crippen MR) is 113 cm³/mol. The second-order valence-corrected chi connectivity index (χ2v) is 7.48. The van der Waals surface area contributed by atoms with Crippen molar-refractivity contribution in [3.8, 4) is 11.5 Å². The molecule has 0 unspecified atom stereocenters. The molecular weight excluding hydrogens is 400 g/mol. The maximum absolute atomic E-state index is 13.0. The minimum absolute atomic E-state index is 0.118. The Hall–Kier alpha value is -3.59. The van der Waals surface area contributed by atoms with Gasteiger partial charge in [0.2, 0.25) is 11.8 Å². The van der Waals surface area contributed by atoms with Gasteiger partial charge in [-0.3, -0.25) is 19.3 Å². The van der Waals surface area contributed by atoms with Crippen molar-refractivity contribution in [2.24, 2.45) is 5.73 Å². The number of carbonyl (C=O) groups is 3. The van der Waals surface area contributed by atoms with E-state index in [-0.39, 0.29) is 17.7 Å². The molecule has 0 radical (unpaired) electrons. The molecule has 0 aliphatic carbocycles. The van der Waals surface area contributed by atoms with Gasteiger partial charge >= 0.3 is 0 Å². The van der Waals surface area contributed by atoms with Crippen LogP contribution in [-0.2, 0) is 16.1 Å². The second-order valence-electron chi connectivity index (χ2n) is 7.48. The number of piperazine rings is 1. The molecule has 1 aliphatic heterocycles. The molecule has 0 saturated carbocycles. The summed E-state index contributed by atoms with van der Waals surface area (Å²) < 4.78 is 0. The molecule has 31 heavy (non-hydrogen) atoms. The number of phenols is 2. The summed E-state index contributed by atoms with van der Waals surface area (Å²) in [4.78, 5) is 40.8. The summed E-state index contributed by atoms with van der Waals surface area (Å²) in [5.74, 6) is -2.50. The number of benzene rings is 2. The van der Waals surface area contributed by atoms with Gasteiger partial charge in [-0.05, 0) is 17.7 Å². The molecule has 2 aromatic carbocycles. The van der Waals surface area contributed by atoms with E-state index in [0.717, 1.165) is 12.6 Å². The Morgan fingerprint density at radius 3 is 2.29 bits per heavy atom. The molecule has 1 heterocycles. The molecule has 1 saturated heterocycles. The van der Waals surface area contributed by atoms with Crippen LogP contribution in [0.1, 0.15) is 22.3 Å². The van der Waals surface area contributed by atoms with Crippen molar-refractivity contribution in [1.82, 2.24) is 15.1 Å². The monoisotopic (exact) mass is 426 g/mol. The summed E-state index contributed by atoms with van der Waals surface area (Å²) in [7, 11) is 0. The molecule has 9 nitrogen and oxygen atoms in total. The van der Waals surface area contributed by atoms with Crippen LogP contribution in [0.3, 0.4) is 0 Å². The number of nitrogens with two attached hydrogens (primary N) is 1. The van der Waals surface area contributed by atoms with Crippen molar-refractivity contribution < 1.29 is 24.6 Å². The van der Waals surface area contributed by atoms with Crippen molar-refractivity contribution >= 4 is 17.7 Å². The van der Waals surface area contributed by atoms with E-state index in [4.69, 9.17) is 5.73 Å². The van der Waals surface area contributed by atoms with Crippen LogP contribution in [0.4, 0.5) is 0 Å². The fraction of sp³-hybridized carbons (Fsp3) is 0.318. The smallest absolute Gasteiger partial charge is 0.255 e. The lowest BCUT2D eigenvalue weighted by Crippen LogP contribution is -2.55. The number of primary amides is 1. The van der Waals surface area contributed by atoms with Crippen LogP contribution >= 0.6 is 0 Å². The predicted octanol–water partition coefficient (Wildman–Crippen LogP) is 0.416. The third kappa shape index (κ3) is 5.95. The summed E-state index contributed by atoms with van der Waals surface area (Å²) >= 11 is 0. The minimum atomic E-state index is -1.14. The Labute approximate surface area is 180 Å². The van der Waals surface area contributed by atoms with Crippen LogP contribution in [0.5, 0.6) is 11.5 Å². The highest BCUT2D eigenvalue weighted by atomic mass is 16.3.